The molecule has 0 aliphatic carbocycles. The van der Waals surface area contributed by atoms with E-state index in [1.807, 2.05) is 32.1 Å². The summed E-state index contributed by atoms with van der Waals surface area (Å²) in [6.07, 6.45) is 6.63. The van der Waals surface area contributed by atoms with Crippen LogP contribution in [0.25, 0.3) is 0 Å². The normalized spacial score (nSPS) is 18.2. The number of allylic oxidation sites excluding steroid dienone is 3. The lowest BCUT2D eigenvalue weighted by atomic mass is 10.2. The van der Waals surface area contributed by atoms with E-state index in [2.05, 4.69) is 0 Å². The quantitative estimate of drug-likeness (QED) is 0.616. The number of likely N-dealkylation sites (tertiary alicyclic amines) is 1. The fraction of sp³-hybridized carbons (Fsp3) is 0.421. The zero-order valence-electron chi connectivity index (χ0n) is 14.3. The van der Waals surface area contributed by atoms with Crippen LogP contribution in [-0.2, 0) is 16.1 Å². The van der Waals surface area contributed by atoms with Crippen molar-refractivity contribution in [2.75, 3.05) is 19.7 Å². The Hall–Kier alpha value is -2.27. The van der Waals surface area contributed by atoms with Crippen molar-refractivity contribution in [3.63, 3.8) is 0 Å². The van der Waals surface area contributed by atoms with Crippen molar-refractivity contribution in [3.8, 4) is 5.75 Å². The van der Waals surface area contributed by atoms with Gasteiger partial charge in [0.2, 0.25) is 0 Å². The number of nitrogens with zero attached hydrogens (tertiary/aromatic N) is 1. The van der Waals surface area contributed by atoms with Crippen LogP contribution in [0, 0.1) is 0 Å². The molecule has 1 fully saturated rings. The molecule has 1 amide bonds. The third-order valence-electron chi connectivity index (χ3n) is 3.88. The van der Waals surface area contributed by atoms with Crippen LogP contribution in [0.4, 0.5) is 0 Å². The fourth-order valence-corrected chi connectivity index (χ4v) is 2.54. The second-order valence-electron chi connectivity index (χ2n) is 5.65. The summed E-state index contributed by atoms with van der Waals surface area (Å²) in [5.41, 5.74) is 0.814. The lowest BCUT2D eigenvalue weighted by Gasteiger charge is -2.18. The van der Waals surface area contributed by atoms with E-state index >= 15 is 0 Å². The van der Waals surface area contributed by atoms with Crippen LogP contribution < -0.4 is 4.74 Å². The van der Waals surface area contributed by atoms with Crippen molar-refractivity contribution in [2.45, 2.75) is 33.0 Å². The van der Waals surface area contributed by atoms with Crippen molar-refractivity contribution in [1.29, 1.82) is 0 Å². The summed E-state index contributed by atoms with van der Waals surface area (Å²) in [6.45, 7) is 5.15. The van der Waals surface area contributed by atoms with Gasteiger partial charge < -0.3 is 19.5 Å². The number of aliphatic hydroxyl groups is 1. The van der Waals surface area contributed by atoms with Gasteiger partial charge in [0.15, 0.2) is 6.61 Å². The van der Waals surface area contributed by atoms with Crippen LogP contribution in [0.3, 0.4) is 0 Å². The molecule has 5 nitrogen and oxygen atoms in total. The largest absolute Gasteiger partial charge is 0.489 e. The second kappa shape index (κ2) is 9.13. The molecule has 1 aromatic rings. The number of aliphatic hydroxyl groups excluding tert-OH is 1. The molecule has 0 radical (unpaired) electrons. The summed E-state index contributed by atoms with van der Waals surface area (Å²) >= 11 is 0. The van der Waals surface area contributed by atoms with Gasteiger partial charge in [0, 0.05) is 13.0 Å². The summed E-state index contributed by atoms with van der Waals surface area (Å²) in [7, 11) is 0. The van der Waals surface area contributed by atoms with Gasteiger partial charge in [-0.05, 0) is 43.7 Å². The summed E-state index contributed by atoms with van der Waals surface area (Å²) in [4.78, 5) is 14.0. The summed E-state index contributed by atoms with van der Waals surface area (Å²) in [5, 5.41) is 9.01. The number of amides is 1. The van der Waals surface area contributed by atoms with Gasteiger partial charge >= 0.3 is 0 Å². The molecule has 2 rings (SSSR count). The summed E-state index contributed by atoms with van der Waals surface area (Å²) in [6, 6.07) is 7.06. The first-order valence-corrected chi connectivity index (χ1v) is 8.22. The van der Waals surface area contributed by atoms with E-state index in [0.717, 1.165) is 17.7 Å². The molecule has 0 saturated carbocycles. The SMILES string of the molecule is C/C=C\C(=C/C)O[C@H]1CCN(C(=O)COc2ccc(CO)cc2)C1. The van der Waals surface area contributed by atoms with Crippen LogP contribution in [0.1, 0.15) is 25.8 Å². The smallest absolute Gasteiger partial charge is 0.260 e. The van der Waals surface area contributed by atoms with Crippen molar-refractivity contribution in [1.82, 2.24) is 4.90 Å². The van der Waals surface area contributed by atoms with Gasteiger partial charge in [0.1, 0.15) is 17.6 Å². The van der Waals surface area contributed by atoms with Crippen molar-refractivity contribution in [2.24, 2.45) is 0 Å². The number of ether oxygens (including phenoxy) is 2. The predicted molar refractivity (Wildman–Crippen MR) is 92.5 cm³/mol. The zero-order chi connectivity index (χ0) is 17.4. The van der Waals surface area contributed by atoms with Gasteiger partial charge in [-0.1, -0.05) is 18.2 Å². The van der Waals surface area contributed by atoms with Gasteiger partial charge in [0.25, 0.3) is 5.91 Å². The standard InChI is InChI=1S/C19H25NO4/c1-3-5-16(4-2)24-18-10-11-20(12-18)19(22)14-23-17-8-6-15(13-21)7-9-17/h3-9,18,21H,10-14H2,1-2H3/b5-3-,16-4+/t18-/m0/s1. The number of hydrogen-bond donors (Lipinski definition) is 1. The molecule has 0 unspecified atom stereocenters. The van der Waals surface area contributed by atoms with E-state index in [4.69, 9.17) is 14.6 Å². The third-order valence-corrected chi connectivity index (χ3v) is 3.88. The number of carbonyl (C=O) groups excluding carboxylic acids is 1. The average molecular weight is 331 g/mol. The van der Waals surface area contributed by atoms with E-state index in [9.17, 15) is 4.79 Å². The molecule has 5 heteroatoms. The molecular weight excluding hydrogens is 306 g/mol. The Morgan fingerprint density at radius 3 is 2.71 bits per heavy atom. The van der Waals surface area contributed by atoms with Crippen LogP contribution in [0.15, 0.2) is 48.3 Å². The highest BCUT2D eigenvalue weighted by molar-refractivity contribution is 5.78. The van der Waals surface area contributed by atoms with Gasteiger partial charge in [-0.25, -0.2) is 0 Å². The van der Waals surface area contributed by atoms with Gasteiger partial charge in [-0.2, -0.15) is 0 Å². The van der Waals surface area contributed by atoms with Crippen molar-refractivity contribution in [3.05, 3.63) is 53.8 Å². The molecule has 1 saturated heterocycles. The first-order valence-electron chi connectivity index (χ1n) is 8.22. The molecule has 1 aromatic carbocycles. The van der Waals surface area contributed by atoms with Crippen LogP contribution in [0.2, 0.25) is 0 Å². The Balaban J connectivity index is 1.79. The highest BCUT2D eigenvalue weighted by atomic mass is 16.5. The Labute approximate surface area is 143 Å². The molecule has 0 bridgehead atoms. The molecule has 0 spiro atoms. The minimum absolute atomic E-state index is 0.00418. The minimum Gasteiger partial charge on any atom is -0.489 e. The maximum Gasteiger partial charge on any atom is 0.260 e. The molecule has 1 aliphatic rings. The number of benzene rings is 1. The predicted octanol–water partition coefficient (Wildman–Crippen LogP) is 2.66. The summed E-state index contributed by atoms with van der Waals surface area (Å²) in [5.74, 6) is 1.41. The first-order chi connectivity index (χ1) is 11.7. The van der Waals surface area contributed by atoms with E-state index in [1.54, 1.807) is 29.2 Å². The van der Waals surface area contributed by atoms with Crippen LogP contribution in [-0.4, -0.2) is 41.7 Å². The van der Waals surface area contributed by atoms with Crippen LogP contribution >= 0.6 is 0 Å². The molecule has 24 heavy (non-hydrogen) atoms. The van der Waals surface area contributed by atoms with Gasteiger partial charge in [-0.15, -0.1) is 0 Å². The Morgan fingerprint density at radius 2 is 2.08 bits per heavy atom. The van der Waals surface area contributed by atoms with Crippen molar-refractivity contribution < 1.29 is 19.4 Å². The highest BCUT2D eigenvalue weighted by Crippen LogP contribution is 2.18. The monoisotopic (exact) mass is 331 g/mol. The Bertz CT molecular complexity index is 592. The Morgan fingerprint density at radius 1 is 1.33 bits per heavy atom. The summed E-state index contributed by atoms with van der Waals surface area (Å²) < 4.78 is 11.4. The maximum atomic E-state index is 12.2. The van der Waals surface area contributed by atoms with Crippen molar-refractivity contribution >= 4 is 5.91 Å². The number of hydrogen-bond acceptors (Lipinski definition) is 4. The molecule has 130 valence electrons. The van der Waals surface area contributed by atoms with E-state index in [0.29, 0.717) is 18.8 Å². The number of carbonyl (C=O) groups is 1. The number of rotatable bonds is 7. The lowest BCUT2D eigenvalue weighted by molar-refractivity contribution is -0.132. The molecule has 1 aliphatic heterocycles. The average Bonchev–Trinajstić information content (AvgIpc) is 3.08. The van der Waals surface area contributed by atoms with E-state index < -0.39 is 0 Å². The molecule has 1 N–H and O–H groups in total. The zero-order valence-corrected chi connectivity index (χ0v) is 14.3. The molecule has 1 atom stereocenters. The topological polar surface area (TPSA) is 59.0 Å². The van der Waals surface area contributed by atoms with Gasteiger partial charge in [-0.3, -0.25) is 4.79 Å². The minimum atomic E-state index is -0.0413. The van der Waals surface area contributed by atoms with Gasteiger partial charge in [0.05, 0.1) is 13.2 Å². The third kappa shape index (κ3) is 5.13. The lowest BCUT2D eigenvalue weighted by Crippen LogP contribution is -2.34. The van der Waals surface area contributed by atoms with E-state index in [-0.39, 0.29) is 25.2 Å². The highest BCUT2D eigenvalue weighted by Gasteiger charge is 2.27. The first kappa shape index (κ1) is 18.1. The Kier molecular flexibility index (Phi) is 6.88. The molecular formula is C19H25NO4. The van der Waals surface area contributed by atoms with Crippen LogP contribution in [0.5, 0.6) is 5.75 Å². The maximum absolute atomic E-state index is 12.2. The molecule has 0 aromatic heterocycles. The van der Waals surface area contributed by atoms with E-state index in [1.165, 1.54) is 0 Å². The second-order valence-corrected chi connectivity index (χ2v) is 5.65. The molecule has 1 heterocycles. The fourth-order valence-electron chi connectivity index (χ4n) is 2.54.